The van der Waals surface area contributed by atoms with Gasteiger partial charge in [0.2, 0.25) is 5.91 Å². The Morgan fingerprint density at radius 1 is 1.56 bits per heavy atom. The minimum atomic E-state index is -0.0656. The molecule has 0 aliphatic rings. The minimum absolute atomic E-state index is 0.0656. The van der Waals surface area contributed by atoms with E-state index in [0.29, 0.717) is 12.3 Å². The van der Waals surface area contributed by atoms with Gasteiger partial charge in [0.25, 0.3) is 0 Å². The molecule has 0 radical (unpaired) electrons. The fourth-order valence-corrected chi connectivity index (χ4v) is 1.69. The van der Waals surface area contributed by atoms with Crippen molar-refractivity contribution in [2.45, 2.75) is 39.8 Å². The number of amides is 1. The molecule has 0 saturated heterocycles. The zero-order valence-electron chi connectivity index (χ0n) is 11.5. The number of rotatable bonds is 6. The normalized spacial score (nSPS) is 12.4. The highest BCUT2D eigenvalue weighted by Crippen LogP contribution is 2.14. The molecular formula is C12H22N4O2. The SMILES string of the molecule is COCCC(C)NC(=O)Cn1nc(C)c(N)c1C. The molecule has 1 unspecified atom stereocenters. The summed E-state index contributed by atoms with van der Waals surface area (Å²) in [6.45, 7) is 6.47. The van der Waals surface area contributed by atoms with Crippen molar-refractivity contribution in [1.82, 2.24) is 15.1 Å². The molecule has 3 N–H and O–H groups in total. The molecule has 1 amide bonds. The zero-order valence-corrected chi connectivity index (χ0v) is 11.5. The first-order chi connectivity index (χ1) is 8.45. The summed E-state index contributed by atoms with van der Waals surface area (Å²) in [7, 11) is 1.65. The lowest BCUT2D eigenvalue weighted by atomic mass is 10.2. The van der Waals surface area contributed by atoms with Gasteiger partial charge in [-0.15, -0.1) is 0 Å². The first-order valence-corrected chi connectivity index (χ1v) is 6.03. The van der Waals surface area contributed by atoms with Crippen LogP contribution in [-0.2, 0) is 16.1 Å². The quantitative estimate of drug-likeness (QED) is 0.780. The second-order valence-corrected chi connectivity index (χ2v) is 4.49. The van der Waals surface area contributed by atoms with Gasteiger partial charge in [-0.2, -0.15) is 5.10 Å². The molecule has 1 atom stereocenters. The average Bonchev–Trinajstić information content (AvgIpc) is 2.54. The van der Waals surface area contributed by atoms with Crippen molar-refractivity contribution in [2.24, 2.45) is 0 Å². The molecule has 0 fully saturated rings. The summed E-state index contributed by atoms with van der Waals surface area (Å²) in [5.74, 6) is -0.0656. The largest absolute Gasteiger partial charge is 0.396 e. The topological polar surface area (TPSA) is 82.2 Å². The number of carbonyl (C=O) groups is 1. The zero-order chi connectivity index (χ0) is 13.7. The summed E-state index contributed by atoms with van der Waals surface area (Å²) in [4.78, 5) is 11.8. The summed E-state index contributed by atoms with van der Waals surface area (Å²) < 4.78 is 6.59. The predicted molar refractivity (Wildman–Crippen MR) is 70.2 cm³/mol. The van der Waals surface area contributed by atoms with Gasteiger partial charge in [-0.3, -0.25) is 9.48 Å². The second-order valence-electron chi connectivity index (χ2n) is 4.49. The fourth-order valence-electron chi connectivity index (χ4n) is 1.69. The minimum Gasteiger partial charge on any atom is -0.396 e. The summed E-state index contributed by atoms with van der Waals surface area (Å²) in [5.41, 5.74) is 8.05. The summed E-state index contributed by atoms with van der Waals surface area (Å²) >= 11 is 0. The highest BCUT2D eigenvalue weighted by Gasteiger charge is 2.12. The average molecular weight is 254 g/mol. The number of carbonyl (C=O) groups excluding carboxylic acids is 1. The van der Waals surface area contributed by atoms with E-state index in [1.807, 2.05) is 20.8 Å². The van der Waals surface area contributed by atoms with Crippen LogP contribution in [-0.4, -0.2) is 35.4 Å². The van der Waals surface area contributed by atoms with Crippen molar-refractivity contribution < 1.29 is 9.53 Å². The molecule has 0 aliphatic carbocycles. The van der Waals surface area contributed by atoms with Crippen LogP contribution in [0.15, 0.2) is 0 Å². The van der Waals surface area contributed by atoms with Crippen molar-refractivity contribution in [1.29, 1.82) is 0 Å². The number of hydrogen-bond acceptors (Lipinski definition) is 4. The lowest BCUT2D eigenvalue weighted by molar-refractivity contribution is -0.122. The molecule has 6 nitrogen and oxygen atoms in total. The highest BCUT2D eigenvalue weighted by atomic mass is 16.5. The van der Waals surface area contributed by atoms with Gasteiger partial charge in [0.15, 0.2) is 0 Å². The Morgan fingerprint density at radius 3 is 2.72 bits per heavy atom. The molecule has 0 spiro atoms. The number of aromatic nitrogens is 2. The molecule has 1 aromatic heterocycles. The van der Waals surface area contributed by atoms with Crippen LogP contribution in [0.4, 0.5) is 5.69 Å². The van der Waals surface area contributed by atoms with E-state index in [1.165, 1.54) is 0 Å². The number of nitrogens with one attached hydrogen (secondary N) is 1. The maximum atomic E-state index is 11.8. The number of aryl methyl sites for hydroxylation is 1. The van der Waals surface area contributed by atoms with Crippen LogP contribution in [0.1, 0.15) is 24.7 Å². The Hall–Kier alpha value is -1.56. The Morgan fingerprint density at radius 2 is 2.22 bits per heavy atom. The first-order valence-electron chi connectivity index (χ1n) is 6.03. The van der Waals surface area contributed by atoms with E-state index < -0.39 is 0 Å². The Balaban J connectivity index is 2.51. The van der Waals surface area contributed by atoms with Gasteiger partial charge in [0.05, 0.1) is 17.1 Å². The summed E-state index contributed by atoms with van der Waals surface area (Å²) in [6.07, 6.45) is 0.793. The molecule has 1 heterocycles. The fraction of sp³-hybridized carbons (Fsp3) is 0.667. The number of hydrogen-bond donors (Lipinski definition) is 2. The number of methoxy groups -OCH3 is 1. The van der Waals surface area contributed by atoms with E-state index in [9.17, 15) is 4.79 Å². The van der Waals surface area contributed by atoms with Gasteiger partial charge in [0.1, 0.15) is 6.54 Å². The third-order valence-electron chi connectivity index (χ3n) is 2.89. The van der Waals surface area contributed by atoms with Crippen LogP contribution in [0.3, 0.4) is 0 Å². The first kappa shape index (κ1) is 14.5. The van der Waals surface area contributed by atoms with Crippen LogP contribution < -0.4 is 11.1 Å². The van der Waals surface area contributed by atoms with Crippen LogP contribution in [0.2, 0.25) is 0 Å². The third kappa shape index (κ3) is 3.73. The van der Waals surface area contributed by atoms with E-state index in [2.05, 4.69) is 10.4 Å². The summed E-state index contributed by atoms with van der Waals surface area (Å²) in [6, 6.07) is 0.0896. The van der Waals surface area contributed by atoms with E-state index in [0.717, 1.165) is 17.8 Å². The van der Waals surface area contributed by atoms with Crippen LogP contribution >= 0.6 is 0 Å². The molecule has 0 saturated carbocycles. The molecular weight excluding hydrogens is 232 g/mol. The highest BCUT2D eigenvalue weighted by molar-refractivity contribution is 5.76. The number of ether oxygens (including phenoxy) is 1. The van der Waals surface area contributed by atoms with Gasteiger partial charge in [0, 0.05) is 19.8 Å². The van der Waals surface area contributed by atoms with Gasteiger partial charge in [-0.05, 0) is 27.2 Å². The Kier molecular flexibility index (Phi) is 5.15. The lowest BCUT2D eigenvalue weighted by Gasteiger charge is -2.13. The number of nitrogen functional groups attached to an aromatic ring is 1. The maximum absolute atomic E-state index is 11.8. The van der Waals surface area contributed by atoms with Crippen molar-refractivity contribution >= 4 is 11.6 Å². The Bertz CT molecular complexity index is 414. The smallest absolute Gasteiger partial charge is 0.241 e. The van der Waals surface area contributed by atoms with E-state index in [4.69, 9.17) is 10.5 Å². The second kappa shape index (κ2) is 6.39. The standard InChI is InChI=1S/C12H22N4O2/c1-8(5-6-18-4)14-11(17)7-16-10(3)12(13)9(2)15-16/h8H,5-7,13H2,1-4H3,(H,14,17). The molecule has 0 aromatic carbocycles. The van der Waals surface area contributed by atoms with E-state index in [1.54, 1.807) is 11.8 Å². The van der Waals surface area contributed by atoms with Gasteiger partial charge in [-0.25, -0.2) is 0 Å². The van der Waals surface area contributed by atoms with Crippen molar-refractivity contribution in [2.75, 3.05) is 19.5 Å². The van der Waals surface area contributed by atoms with Crippen LogP contribution in [0, 0.1) is 13.8 Å². The molecule has 102 valence electrons. The lowest BCUT2D eigenvalue weighted by Crippen LogP contribution is -2.36. The van der Waals surface area contributed by atoms with Crippen molar-refractivity contribution in [3.8, 4) is 0 Å². The molecule has 1 aromatic rings. The van der Waals surface area contributed by atoms with Crippen molar-refractivity contribution in [3.63, 3.8) is 0 Å². The summed E-state index contributed by atoms with van der Waals surface area (Å²) in [5, 5.41) is 7.12. The molecule has 0 bridgehead atoms. The monoisotopic (exact) mass is 254 g/mol. The molecule has 0 aliphatic heterocycles. The van der Waals surface area contributed by atoms with E-state index >= 15 is 0 Å². The predicted octanol–water partition coefficient (Wildman–Crippen LogP) is 0.623. The van der Waals surface area contributed by atoms with Gasteiger partial charge >= 0.3 is 0 Å². The van der Waals surface area contributed by atoms with Gasteiger partial charge < -0.3 is 15.8 Å². The van der Waals surface area contributed by atoms with E-state index in [-0.39, 0.29) is 18.5 Å². The van der Waals surface area contributed by atoms with Gasteiger partial charge in [-0.1, -0.05) is 0 Å². The molecule has 1 rings (SSSR count). The Labute approximate surface area is 107 Å². The maximum Gasteiger partial charge on any atom is 0.241 e. The van der Waals surface area contributed by atoms with Crippen LogP contribution in [0.5, 0.6) is 0 Å². The molecule has 6 heteroatoms. The number of nitrogens with two attached hydrogens (primary N) is 1. The van der Waals surface area contributed by atoms with Crippen molar-refractivity contribution in [3.05, 3.63) is 11.4 Å². The van der Waals surface area contributed by atoms with Crippen LogP contribution in [0.25, 0.3) is 0 Å². The number of anilines is 1. The molecule has 18 heavy (non-hydrogen) atoms. The number of nitrogens with zero attached hydrogens (tertiary/aromatic N) is 2. The third-order valence-corrected chi connectivity index (χ3v) is 2.89.